The predicted molar refractivity (Wildman–Crippen MR) is 124 cm³/mol. The SMILES string of the molecule is CCOc1cc(C=NNC(=O)C(C)C(=O)Nc2ccccc2Br)cc(Br)c1OCC. The largest absolute Gasteiger partial charge is 0.490 e. The number of hydrazone groups is 1. The fourth-order valence-electron chi connectivity index (χ4n) is 2.40. The summed E-state index contributed by atoms with van der Waals surface area (Å²) >= 11 is 6.81. The van der Waals surface area contributed by atoms with Gasteiger partial charge in [-0.2, -0.15) is 5.10 Å². The van der Waals surface area contributed by atoms with Crippen molar-refractivity contribution < 1.29 is 19.1 Å². The summed E-state index contributed by atoms with van der Waals surface area (Å²) < 4.78 is 12.7. The van der Waals surface area contributed by atoms with Crippen LogP contribution in [-0.4, -0.2) is 31.2 Å². The van der Waals surface area contributed by atoms with Gasteiger partial charge in [0.15, 0.2) is 11.5 Å². The summed E-state index contributed by atoms with van der Waals surface area (Å²) in [5.41, 5.74) is 3.68. The number of carbonyl (C=O) groups excluding carboxylic acids is 2. The van der Waals surface area contributed by atoms with Gasteiger partial charge in [0.2, 0.25) is 5.91 Å². The molecule has 160 valence electrons. The van der Waals surface area contributed by atoms with Gasteiger partial charge in [-0.1, -0.05) is 12.1 Å². The molecule has 0 aliphatic carbocycles. The van der Waals surface area contributed by atoms with E-state index in [0.29, 0.717) is 40.4 Å². The quantitative estimate of drug-likeness (QED) is 0.273. The highest BCUT2D eigenvalue weighted by atomic mass is 79.9. The van der Waals surface area contributed by atoms with Gasteiger partial charge in [-0.05, 0) is 82.5 Å². The zero-order valence-corrected chi connectivity index (χ0v) is 20.0. The summed E-state index contributed by atoms with van der Waals surface area (Å²) in [4.78, 5) is 24.6. The standard InChI is InChI=1S/C21H23Br2N3O4/c1-4-29-18-11-14(10-16(23)19(18)30-5-2)12-24-26-21(28)13(3)20(27)25-17-9-7-6-8-15(17)22/h6-13H,4-5H2,1-3H3,(H,25,27)(H,26,28). The lowest BCUT2D eigenvalue weighted by Gasteiger charge is -2.13. The van der Waals surface area contributed by atoms with Crippen molar-refractivity contribution in [3.05, 3.63) is 50.9 Å². The highest BCUT2D eigenvalue weighted by Gasteiger charge is 2.21. The topological polar surface area (TPSA) is 89.0 Å². The normalized spacial score (nSPS) is 11.8. The Kier molecular flexibility index (Phi) is 9.32. The van der Waals surface area contributed by atoms with Crippen LogP contribution in [0.3, 0.4) is 0 Å². The monoisotopic (exact) mass is 539 g/mol. The number of carbonyl (C=O) groups is 2. The number of rotatable bonds is 9. The number of halogens is 2. The predicted octanol–water partition coefficient (Wildman–Crippen LogP) is 4.73. The van der Waals surface area contributed by atoms with E-state index >= 15 is 0 Å². The van der Waals surface area contributed by atoms with Crippen LogP contribution in [-0.2, 0) is 9.59 Å². The lowest BCUT2D eigenvalue weighted by atomic mass is 10.1. The summed E-state index contributed by atoms with van der Waals surface area (Å²) in [5, 5.41) is 6.67. The lowest BCUT2D eigenvalue weighted by Crippen LogP contribution is -2.34. The maximum absolute atomic E-state index is 12.3. The highest BCUT2D eigenvalue weighted by Crippen LogP contribution is 2.36. The van der Waals surface area contributed by atoms with Crippen LogP contribution in [0.25, 0.3) is 0 Å². The van der Waals surface area contributed by atoms with Crippen molar-refractivity contribution in [2.24, 2.45) is 11.0 Å². The van der Waals surface area contributed by atoms with Crippen LogP contribution >= 0.6 is 31.9 Å². The second-order valence-electron chi connectivity index (χ2n) is 6.12. The molecule has 0 heterocycles. The van der Waals surface area contributed by atoms with Gasteiger partial charge in [-0.3, -0.25) is 9.59 Å². The number of nitrogens with one attached hydrogen (secondary N) is 2. The Hall–Kier alpha value is -2.39. The van der Waals surface area contributed by atoms with Crippen LogP contribution in [0, 0.1) is 5.92 Å². The molecule has 0 saturated carbocycles. The van der Waals surface area contributed by atoms with Crippen molar-refractivity contribution in [1.29, 1.82) is 0 Å². The second kappa shape index (κ2) is 11.7. The van der Waals surface area contributed by atoms with Gasteiger partial charge in [0, 0.05) is 4.47 Å². The van der Waals surface area contributed by atoms with Crippen LogP contribution in [0.2, 0.25) is 0 Å². The molecule has 1 atom stereocenters. The molecule has 1 unspecified atom stereocenters. The highest BCUT2D eigenvalue weighted by molar-refractivity contribution is 9.11. The van der Waals surface area contributed by atoms with Crippen LogP contribution in [0.1, 0.15) is 26.3 Å². The molecule has 2 aromatic rings. The molecule has 2 amide bonds. The molecular weight excluding hydrogens is 518 g/mol. The molecule has 0 aliphatic rings. The number of nitrogens with zero attached hydrogens (tertiary/aromatic N) is 1. The van der Waals surface area contributed by atoms with Gasteiger partial charge < -0.3 is 14.8 Å². The number of benzene rings is 2. The first-order chi connectivity index (χ1) is 14.4. The van der Waals surface area contributed by atoms with Crippen molar-refractivity contribution in [2.75, 3.05) is 18.5 Å². The van der Waals surface area contributed by atoms with Crippen LogP contribution in [0.4, 0.5) is 5.69 Å². The number of hydrogen-bond acceptors (Lipinski definition) is 5. The fourth-order valence-corrected chi connectivity index (χ4v) is 3.36. The molecule has 9 heteroatoms. The molecule has 0 radical (unpaired) electrons. The summed E-state index contributed by atoms with van der Waals surface area (Å²) in [6.45, 7) is 6.26. The molecule has 7 nitrogen and oxygen atoms in total. The third-order valence-corrected chi connectivity index (χ3v) is 5.21. The van der Waals surface area contributed by atoms with E-state index in [1.54, 1.807) is 30.3 Å². The summed E-state index contributed by atoms with van der Waals surface area (Å²) in [6, 6.07) is 10.7. The average molecular weight is 541 g/mol. The van der Waals surface area contributed by atoms with E-state index in [0.717, 1.165) is 4.47 Å². The number of hydrogen-bond donors (Lipinski definition) is 2. The zero-order chi connectivity index (χ0) is 22.1. The molecule has 0 bridgehead atoms. The molecule has 0 spiro atoms. The van der Waals surface area contributed by atoms with Crippen LogP contribution in [0.15, 0.2) is 50.4 Å². The maximum Gasteiger partial charge on any atom is 0.252 e. The van der Waals surface area contributed by atoms with Crippen molar-refractivity contribution in [3.8, 4) is 11.5 Å². The van der Waals surface area contributed by atoms with Crippen molar-refractivity contribution in [3.63, 3.8) is 0 Å². The van der Waals surface area contributed by atoms with Gasteiger partial charge in [-0.25, -0.2) is 5.43 Å². The first-order valence-corrected chi connectivity index (χ1v) is 10.9. The van der Waals surface area contributed by atoms with Crippen molar-refractivity contribution in [1.82, 2.24) is 5.43 Å². The van der Waals surface area contributed by atoms with E-state index in [9.17, 15) is 9.59 Å². The molecule has 2 rings (SSSR count). The smallest absolute Gasteiger partial charge is 0.252 e. The van der Waals surface area contributed by atoms with Crippen LogP contribution < -0.4 is 20.2 Å². The Labute approximate surface area is 192 Å². The first-order valence-electron chi connectivity index (χ1n) is 9.34. The summed E-state index contributed by atoms with van der Waals surface area (Å²) in [5.74, 6) is -0.705. The second-order valence-corrected chi connectivity index (χ2v) is 7.83. The molecule has 0 fully saturated rings. The van der Waals surface area contributed by atoms with Crippen molar-refractivity contribution >= 4 is 55.6 Å². The van der Waals surface area contributed by atoms with E-state index in [1.807, 2.05) is 19.9 Å². The third kappa shape index (κ3) is 6.56. The Morgan fingerprint density at radius 1 is 1.07 bits per heavy atom. The maximum atomic E-state index is 12.3. The number of amides is 2. The minimum absolute atomic E-state index is 0.433. The fraction of sp³-hybridized carbons (Fsp3) is 0.286. The Balaban J connectivity index is 2.02. The first kappa shape index (κ1) is 23.9. The van der Waals surface area contributed by atoms with Gasteiger partial charge in [0.1, 0.15) is 5.92 Å². The third-order valence-electron chi connectivity index (χ3n) is 3.93. The van der Waals surface area contributed by atoms with E-state index in [-0.39, 0.29) is 0 Å². The molecular formula is C21H23Br2N3O4. The van der Waals surface area contributed by atoms with E-state index in [4.69, 9.17) is 9.47 Å². The average Bonchev–Trinajstić information content (AvgIpc) is 2.71. The number of ether oxygens (including phenoxy) is 2. The molecule has 2 aromatic carbocycles. The van der Waals surface area contributed by atoms with E-state index in [1.165, 1.54) is 13.1 Å². The molecule has 30 heavy (non-hydrogen) atoms. The Morgan fingerprint density at radius 3 is 2.43 bits per heavy atom. The Morgan fingerprint density at radius 2 is 1.77 bits per heavy atom. The van der Waals surface area contributed by atoms with Gasteiger partial charge in [0.25, 0.3) is 5.91 Å². The number of anilines is 1. The lowest BCUT2D eigenvalue weighted by molar-refractivity contribution is -0.131. The molecule has 0 aromatic heterocycles. The summed E-state index contributed by atoms with van der Waals surface area (Å²) in [6.07, 6.45) is 1.47. The van der Waals surface area contributed by atoms with E-state index in [2.05, 4.69) is 47.7 Å². The minimum Gasteiger partial charge on any atom is -0.490 e. The Bertz CT molecular complexity index is 934. The van der Waals surface area contributed by atoms with Crippen LogP contribution in [0.5, 0.6) is 11.5 Å². The molecule has 0 aliphatic heterocycles. The number of para-hydroxylation sites is 1. The van der Waals surface area contributed by atoms with Gasteiger partial charge in [0.05, 0.1) is 29.6 Å². The minimum atomic E-state index is -0.930. The molecule has 0 saturated heterocycles. The van der Waals surface area contributed by atoms with Crippen molar-refractivity contribution in [2.45, 2.75) is 20.8 Å². The molecule has 2 N–H and O–H groups in total. The van der Waals surface area contributed by atoms with E-state index < -0.39 is 17.7 Å². The zero-order valence-electron chi connectivity index (χ0n) is 16.9. The van der Waals surface area contributed by atoms with Gasteiger partial charge >= 0.3 is 0 Å². The van der Waals surface area contributed by atoms with Gasteiger partial charge in [-0.15, -0.1) is 0 Å². The summed E-state index contributed by atoms with van der Waals surface area (Å²) in [7, 11) is 0.